The van der Waals surface area contributed by atoms with Gasteiger partial charge in [0, 0.05) is 43.8 Å². The first-order chi connectivity index (χ1) is 17.2. The van der Waals surface area contributed by atoms with Gasteiger partial charge < -0.3 is 19.5 Å². The number of hydrogen-bond acceptors (Lipinski definition) is 6. The number of hydrogen-bond donors (Lipinski definition) is 1. The molecule has 0 atom stereocenters. The largest absolute Gasteiger partial charge is 0.497 e. The van der Waals surface area contributed by atoms with Gasteiger partial charge in [-0.15, -0.1) is 11.3 Å². The van der Waals surface area contributed by atoms with Gasteiger partial charge in [0.2, 0.25) is 0 Å². The molecule has 0 saturated carbocycles. The Bertz CT molecular complexity index is 1510. The Morgan fingerprint density at radius 2 is 1.89 bits per heavy atom. The number of carbonyl (C=O) groups excluding carboxylic acids is 1. The van der Waals surface area contributed by atoms with E-state index in [2.05, 4.69) is 32.1 Å². The molecular weight excluding hydrogens is 458 g/mol. The third-order valence-corrected chi connectivity index (χ3v) is 7.12. The number of nitrogens with one attached hydrogen (secondary N) is 1. The first kappa shape index (κ1) is 21.4. The van der Waals surface area contributed by atoms with E-state index in [1.54, 1.807) is 30.8 Å². The molecule has 0 spiro atoms. The first-order valence-corrected chi connectivity index (χ1v) is 12.2. The van der Waals surface area contributed by atoms with E-state index < -0.39 is 0 Å². The van der Waals surface area contributed by atoms with Gasteiger partial charge in [0.15, 0.2) is 0 Å². The van der Waals surface area contributed by atoms with E-state index in [9.17, 15) is 4.79 Å². The number of thiazole rings is 1. The summed E-state index contributed by atoms with van der Waals surface area (Å²) < 4.78 is 8.43. The molecule has 2 aromatic carbocycles. The molecule has 0 radical (unpaired) electrons. The van der Waals surface area contributed by atoms with Crippen LogP contribution >= 0.6 is 11.3 Å². The number of rotatable bonds is 6. The van der Waals surface area contributed by atoms with Crippen molar-refractivity contribution in [3.63, 3.8) is 0 Å². The zero-order valence-corrected chi connectivity index (χ0v) is 20.0. The highest BCUT2D eigenvalue weighted by Gasteiger charge is 2.31. The molecule has 4 heterocycles. The Kier molecular flexibility index (Phi) is 5.42. The van der Waals surface area contributed by atoms with E-state index in [-0.39, 0.29) is 5.91 Å². The van der Waals surface area contributed by atoms with Crippen LogP contribution < -0.4 is 10.1 Å². The summed E-state index contributed by atoms with van der Waals surface area (Å²) in [5.74, 6) is 0.803. The Morgan fingerprint density at radius 1 is 1.06 bits per heavy atom. The molecule has 3 aromatic heterocycles. The SMILES string of the molecule is COc1ccc(CN2CCn3cc(-c4ccncc4)c(Nc4cccc5scnc45)c3C2=O)cc1. The molecule has 1 N–H and O–H groups in total. The van der Waals surface area contributed by atoms with Crippen molar-refractivity contribution >= 4 is 38.8 Å². The van der Waals surface area contributed by atoms with Gasteiger partial charge in [-0.25, -0.2) is 4.98 Å². The minimum Gasteiger partial charge on any atom is -0.497 e. The van der Waals surface area contributed by atoms with Crippen molar-refractivity contribution in [1.29, 1.82) is 0 Å². The van der Waals surface area contributed by atoms with Crippen molar-refractivity contribution in [2.24, 2.45) is 0 Å². The quantitative estimate of drug-likeness (QED) is 0.343. The summed E-state index contributed by atoms with van der Waals surface area (Å²) in [7, 11) is 1.65. The van der Waals surface area contributed by atoms with Crippen LogP contribution in [-0.4, -0.2) is 39.0 Å². The maximum atomic E-state index is 13.8. The molecule has 0 saturated heterocycles. The van der Waals surface area contributed by atoms with Crippen LogP contribution in [0.4, 0.5) is 11.4 Å². The molecule has 8 heteroatoms. The number of anilines is 2. The van der Waals surface area contributed by atoms with Crippen molar-refractivity contribution in [2.75, 3.05) is 19.0 Å². The van der Waals surface area contributed by atoms with E-state index >= 15 is 0 Å². The Morgan fingerprint density at radius 3 is 2.69 bits per heavy atom. The van der Waals surface area contributed by atoms with Gasteiger partial charge in [0.1, 0.15) is 17.0 Å². The number of fused-ring (bicyclic) bond motifs is 2. The van der Waals surface area contributed by atoms with Gasteiger partial charge in [-0.2, -0.15) is 0 Å². The fraction of sp³-hybridized carbons (Fsp3) is 0.148. The predicted octanol–water partition coefficient (Wildman–Crippen LogP) is 5.57. The Labute approximate surface area is 206 Å². The lowest BCUT2D eigenvalue weighted by Gasteiger charge is -2.29. The average Bonchev–Trinajstić information content (AvgIpc) is 3.53. The van der Waals surface area contributed by atoms with Crippen molar-refractivity contribution in [2.45, 2.75) is 13.1 Å². The monoisotopic (exact) mass is 481 g/mol. The summed E-state index contributed by atoms with van der Waals surface area (Å²) in [6.45, 7) is 1.90. The highest BCUT2D eigenvalue weighted by molar-refractivity contribution is 7.16. The van der Waals surface area contributed by atoms with Gasteiger partial charge in [0.05, 0.1) is 28.7 Å². The lowest BCUT2D eigenvalue weighted by molar-refractivity contribution is 0.0692. The summed E-state index contributed by atoms with van der Waals surface area (Å²) in [5, 5.41) is 3.58. The van der Waals surface area contributed by atoms with Crippen LogP contribution in [0.1, 0.15) is 16.1 Å². The number of nitrogens with zero attached hydrogens (tertiary/aromatic N) is 4. The summed E-state index contributed by atoms with van der Waals surface area (Å²) >= 11 is 1.60. The molecule has 5 aromatic rings. The Balaban J connectivity index is 1.41. The van der Waals surface area contributed by atoms with E-state index in [1.165, 1.54) is 0 Å². The molecule has 1 amide bonds. The second kappa shape index (κ2) is 8.88. The second-order valence-corrected chi connectivity index (χ2v) is 9.29. The minimum absolute atomic E-state index is 0.000303. The van der Waals surface area contributed by atoms with E-state index in [4.69, 9.17) is 4.74 Å². The van der Waals surface area contributed by atoms with Gasteiger partial charge in [-0.05, 0) is 47.5 Å². The van der Waals surface area contributed by atoms with Gasteiger partial charge in [-0.3, -0.25) is 9.78 Å². The van der Waals surface area contributed by atoms with Gasteiger partial charge in [-0.1, -0.05) is 18.2 Å². The van der Waals surface area contributed by atoms with Crippen molar-refractivity contribution < 1.29 is 9.53 Å². The normalized spacial score (nSPS) is 13.2. The summed E-state index contributed by atoms with van der Waals surface area (Å²) in [5.41, 5.74) is 8.11. The number of methoxy groups -OCH3 is 1. The lowest BCUT2D eigenvalue weighted by Crippen LogP contribution is -2.39. The standard InChI is InChI=1S/C27H23N5O2S/c1-34-20-7-5-18(6-8-20)15-32-14-13-31-16-21(19-9-11-28-12-10-19)24(26(31)27(32)33)30-22-3-2-4-23-25(22)29-17-35-23/h2-12,16-17,30H,13-15H2,1H3. The Hall–Kier alpha value is -4.17. The van der Waals surface area contributed by atoms with Crippen LogP contribution in [0.25, 0.3) is 21.3 Å². The van der Waals surface area contributed by atoms with E-state index in [0.29, 0.717) is 18.8 Å². The number of para-hydroxylation sites is 1. The molecule has 0 aliphatic carbocycles. The van der Waals surface area contributed by atoms with Crippen molar-refractivity contribution in [3.8, 4) is 16.9 Å². The number of pyridine rings is 1. The van der Waals surface area contributed by atoms with Crippen LogP contribution in [0, 0.1) is 0 Å². The van der Waals surface area contributed by atoms with Crippen molar-refractivity contribution in [3.05, 3.63) is 90.0 Å². The molecule has 1 aliphatic rings. The lowest BCUT2D eigenvalue weighted by atomic mass is 10.1. The molecule has 1 aliphatic heterocycles. The third kappa shape index (κ3) is 3.91. The van der Waals surface area contributed by atoms with E-state index in [0.717, 1.165) is 50.6 Å². The average molecular weight is 482 g/mol. The minimum atomic E-state index is 0.000303. The first-order valence-electron chi connectivity index (χ1n) is 11.4. The highest BCUT2D eigenvalue weighted by atomic mass is 32.1. The maximum Gasteiger partial charge on any atom is 0.273 e. The molecule has 35 heavy (non-hydrogen) atoms. The smallest absolute Gasteiger partial charge is 0.273 e. The van der Waals surface area contributed by atoms with Crippen LogP contribution in [0.3, 0.4) is 0 Å². The van der Waals surface area contributed by atoms with Gasteiger partial charge in [0.25, 0.3) is 5.91 Å². The van der Waals surface area contributed by atoms with Crippen LogP contribution in [-0.2, 0) is 13.1 Å². The third-order valence-electron chi connectivity index (χ3n) is 6.32. The molecular formula is C27H23N5O2S. The van der Waals surface area contributed by atoms with Crippen molar-refractivity contribution in [1.82, 2.24) is 19.4 Å². The summed E-state index contributed by atoms with van der Waals surface area (Å²) in [4.78, 5) is 24.5. The zero-order valence-electron chi connectivity index (χ0n) is 19.1. The van der Waals surface area contributed by atoms with Crippen LogP contribution in [0.5, 0.6) is 5.75 Å². The van der Waals surface area contributed by atoms with Gasteiger partial charge >= 0.3 is 0 Å². The number of benzene rings is 2. The predicted molar refractivity (Wildman–Crippen MR) is 138 cm³/mol. The summed E-state index contributed by atoms with van der Waals surface area (Å²) in [6.07, 6.45) is 5.61. The molecule has 174 valence electrons. The second-order valence-electron chi connectivity index (χ2n) is 8.40. The molecule has 0 unspecified atom stereocenters. The zero-order chi connectivity index (χ0) is 23.8. The fourth-order valence-electron chi connectivity index (χ4n) is 4.54. The molecule has 7 nitrogen and oxygen atoms in total. The molecule has 0 fully saturated rings. The number of carbonyl (C=O) groups is 1. The number of amides is 1. The van der Waals surface area contributed by atoms with Crippen LogP contribution in [0.2, 0.25) is 0 Å². The molecule has 6 rings (SSSR count). The number of ether oxygens (including phenoxy) is 1. The van der Waals surface area contributed by atoms with Crippen LogP contribution in [0.15, 0.2) is 78.7 Å². The molecule has 0 bridgehead atoms. The van der Waals surface area contributed by atoms with E-state index in [1.807, 2.05) is 58.9 Å². The topological polar surface area (TPSA) is 72.3 Å². The number of aromatic nitrogens is 3. The highest BCUT2D eigenvalue weighted by Crippen LogP contribution is 2.39. The summed E-state index contributed by atoms with van der Waals surface area (Å²) in [6, 6.07) is 17.9. The fourth-order valence-corrected chi connectivity index (χ4v) is 5.25. The maximum absolute atomic E-state index is 13.8.